The fraction of sp³-hybridized carbons (Fsp3) is 0.198. The lowest BCUT2D eigenvalue weighted by molar-refractivity contribution is 0.0826. The van der Waals surface area contributed by atoms with Crippen molar-refractivity contribution in [1.29, 1.82) is 0 Å². The van der Waals surface area contributed by atoms with E-state index >= 15 is 0 Å². The number of anilines is 4. The van der Waals surface area contributed by atoms with Crippen LogP contribution in [0.2, 0.25) is 0 Å². The number of aromatic hydroxyl groups is 3. The van der Waals surface area contributed by atoms with Crippen molar-refractivity contribution in [3.05, 3.63) is 280 Å². The smallest absolute Gasteiger partial charge is 0.255 e. The van der Waals surface area contributed by atoms with Gasteiger partial charge in [-0.2, -0.15) is 0 Å². The Balaban J connectivity index is 0.000000166. The summed E-state index contributed by atoms with van der Waals surface area (Å²) in [5.74, 6) is -0.259. The second-order valence-corrected chi connectivity index (χ2v) is 30.4. The number of benzene rings is 8. The van der Waals surface area contributed by atoms with Crippen LogP contribution in [0.4, 0.5) is 22.7 Å². The van der Waals surface area contributed by atoms with Crippen molar-refractivity contribution in [2.75, 3.05) is 21.3 Å². The number of aryl methyl sites for hydroxylation is 1. The van der Waals surface area contributed by atoms with E-state index in [9.17, 15) is 53.7 Å². The SMILES string of the molecule is CC(C)(C)C(=O)c1cc(-c2ccc(NC(=O)c3ccc(O)cc3)cc2)c[nH]1.CC(C)(C)C(=O)c1cn(-c2ccc(NC(=O)c3ccc(O)cc3)cc2)nn1.CC(C)(C)C(=O)c1nc(-c2ccc(NC(=O)c3ccc(O)cc3)cc2)cs1.Cc1ccc(C(=O)Nc2ccc(-c3coc(C(=O)C(C)(C)C)c3)cc2)cc1. The van der Waals surface area contributed by atoms with Crippen molar-refractivity contribution >= 4 is 80.8 Å². The molecule has 8 N–H and O–H groups in total. The molecule has 0 spiro atoms. The zero-order valence-electron chi connectivity index (χ0n) is 62.2. The van der Waals surface area contributed by atoms with E-state index in [1.54, 1.807) is 103 Å². The molecule has 4 amide bonds. The Kier molecular flexibility index (Phi) is 24.8. The average molecular weight is 1470 g/mol. The summed E-state index contributed by atoms with van der Waals surface area (Å²) in [7, 11) is 0. The Hall–Kier alpha value is -13.0. The van der Waals surface area contributed by atoms with Gasteiger partial charge in [0.25, 0.3) is 23.6 Å². The summed E-state index contributed by atoms with van der Waals surface area (Å²) in [6.45, 7) is 24.4. The van der Waals surface area contributed by atoms with Gasteiger partial charge >= 0.3 is 0 Å². The van der Waals surface area contributed by atoms with Crippen molar-refractivity contribution in [3.8, 4) is 56.4 Å². The minimum atomic E-state index is -0.525. The van der Waals surface area contributed by atoms with E-state index in [1.807, 2.05) is 180 Å². The maximum Gasteiger partial charge on any atom is 0.255 e. The van der Waals surface area contributed by atoms with Gasteiger partial charge in [-0.05, 0) is 181 Å². The molecule has 0 aliphatic carbocycles. The molecule has 0 unspecified atom stereocenters. The number of furan rings is 1. The van der Waals surface area contributed by atoms with E-state index in [0.717, 1.165) is 44.8 Å². The maximum atomic E-state index is 12.3. The molecule has 22 heteroatoms. The van der Waals surface area contributed by atoms with Gasteiger partial charge in [-0.1, -0.05) is 142 Å². The van der Waals surface area contributed by atoms with Crippen molar-refractivity contribution in [2.45, 2.75) is 90.0 Å². The molecule has 21 nitrogen and oxygen atoms in total. The first-order chi connectivity index (χ1) is 50.9. The molecule has 12 aromatic rings. The molecule has 4 heterocycles. The van der Waals surface area contributed by atoms with E-state index in [2.05, 4.69) is 41.5 Å². The Morgan fingerprint density at radius 2 is 0.787 bits per heavy atom. The van der Waals surface area contributed by atoms with E-state index in [4.69, 9.17) is 4.42 Å². The van der Waals surface area contributed by atoms with Crippen molar-refractivity contribution in [3.63, 3.8) is 0 Å². The zero-order chi connectivity index (χ0) is 78.4. The molecule has 0 bridgehead atoms. The van der Waals surface area contributed by atoms with Crippen LogP contribution in [-0.2, 0) is 0 Å². The highest BCUT2D eigenvalue weighted by molar-refractivity contribution is 7.12. The minimum absolute atomic E-state index is 0.0246. The van der Waals surface area contributed by atoms with Gasteiger partial charge in [-0.15, -0.1) is 16.4 Å². The molecule has 8 aromatic carbocycles. The van der Waals surface area contributed by atoms with E-state index in [0.29, 0.717) is 67.2 Å². The number of hydrogen-bond donors (Lipinski definition) is 8. The lowest BCUT2D eigenvalue weighted by Crippen LogP contribution is -2.20. The third-order valence-corrected chi connectivity index (χ3v) is 17.2. The lowest BCUT2D eigenvalue weighted by atomic mass is 9.89. The molecule has 4 aromatic heterocycles. The van der Waals surface area contributed by atoms with Crippen molar-refractivity contribution in [1.82, 2.24) is 25.0 Å². The van der Waals surface area contributed by atoms with Gasteiger partial charge in [-0.25, -0.2) is 9.67 Å². The third-order valence-electron chi connectivity index (χ3n) is 16.4. The van der Waals surface area contributed by atoms with Crippen molar-refractivity contribution < 1.29 is 58.1 Å². The second-order valence-electron chi connectivity index (χ2n) is 29.5. The normalized spacial score (nSPS) is 11.2. The van der Waals surface area contributed by atoms with E-state index < -0.39 is 21.7 Å². The fourth-order valence-electron chi connectivity index (χ4n) is 10.1. The quantitative estimate of drug-likeness (QED) is 0.0417. The fourth-order valence-corrected chi connectivity index (χ4v) is 11.0. The summed E-state index contributed by atoms with van der Waals surface area (Å²) in [6.07, 6.45) is 4.99. The zero-order valence-corrected chi connectivity index (χ0v) is 63.0. The number of hydrogen-bond acceptors (Lipinski definition) is 16. The number of H-pyrrole nitrogens is 1. The van der Waals surface area contributed by atoms with Crippen LogP contribution in [0.3, 0.4) is 0 Å². The highest BCUT2D eigenvalue weighted by Gasteiger charge is 2.29. The van der Waals surface area contributed by atoms with Crippen LogP contribution in [-0.4, -0.2) is 87.0 Å². The Morgan fingerprint density at radius 3 is 1.19 bits per heavy atom. The first-order valence-electron chi connectivity index (χ1n) is 34.4. The monoisotopic (exact) mass is 1470 g/mol. The lowest BCUT2D eigenvalue weighted by Gasteiger charge is -2.14. The summed E-state index contributed by atoms with van der Waals surface area (Å²) in [5.41, 5.74) is 10.7. The molecular formula is C86H85N9O12S. The van der Waals surface area contributed by atoms with Crippen LogP contribution in [0.25, 0.3) is 39.2 Å². The summed E-state index contributed by atoms with van der Waals surface area (Å²) in [6, 6.07) is 58.3. The highest BCUT2D eigenvalue weighted by atomic mass is 32.1. The molecule has 552 valence electrons. The summed E-state index contributed by atoms with van der Waals surface area (Å²) in [4.78, 5) is 106. The molecule has 108 heavy (non-hydrogen) atoms. The largest absolute Gasteiger partial charge is 0.508 e. The average Bonchev–Trinajstić information content (AvgIpc) is 1.64. The van der Waals surface area contributed by atoms with E-state index in [-0.39, 0.29) is 64.0 Å². The summed E-state index contributed by atoms with van der Waals surface area (Å²) in [5, 5.41) is 49.5. The van der Waals surface area contributed by atoms with Crippen LogP contribution in [0.1, 0.15) is 171 Å². The van der Waals surface area contributed by atoms with E-state index in [1.165, 1.54) is 52.4 Å². The molecule has 0 aliphatic heterocycles. The van der Waals surface area contributed by atoms with Gasteiger partial charge in [-0.3, -0.25) is 38.4 Å². The number of Topliss-reactive ketones (excluding diaryl/α,β-unsaturated/α-hetero) is 4. The molecule has 0 atom stereocenters. The molecule has 0 fully saturated rings. The Bertz CT molecular complexity index is 4510. The van der Waals surface area contributed by atoms with Gasteiger partial charge < -0.3 is 46.0 Å². The van der Waals surface area contributed by atoms with Gasteiger partial charge in [0.05, 0.1) is 29.5 Å². The maximum absolute atomic E-state index is 12.3. The minimum Gasteiger partial charge on any atom is -0.508 e. The number of ketones is 4. The van der Waals surface area contributed by atoms with Crippen LogP contribution < -0.4 is 21.3 Å². The topological polar surface area (TPSA) is 318 Å². The number of phenolic OH excluding ortho intramolecular Hbond substituents is 3. The number of carbonyl (C=O) groups is 8. The first kappa shape index (κ1) is 79.2. The first-order valence-corrected chi connectivity index (χ1v) is 35.3. The van der Waals surface area contributed by atoms with Crippen LogP contribution in [0.15, 0.2) is 235 Å². The number of phenols is 3. The number of nitrogens with one attached hydrogen (secondary N) is 5. The predicted molar refractivity (Wildman–Crippen MR) is 422 cm³/mol. The predicted octanol–water partition coefficient (Wildman–Crippen LogP) is 19.1. The number of nitrogens with zero attached hydrogens (tertiary/aromatic N) is 4. The van der Waals surface area contributed by atoms with Crippen LogP contribution in [0, 0.1) is 28.6 Å². The third kappa shape index (κ3) is 21.6. The molecule has 12 rings (SSSR count). The van der Waals surface area contributed by atoms with Crippen LogP contribution in [0.5, 0.6) is 17.2 Å². The number of aromatic nitrogens is 5. The highest BCUT2D eigenvalue weighted by Crippen LogP contribution is 2.32. The molecule has 0 saturated carbocycles. The Morgan fingerprint density at radius 1 is 0.417 bits per heavy atom. The molecular weight excluding hydrogens is 1380 g/mol. The second kappa shape index (κ2) is 33.9. The van der Waals surface area contributed by atoms with Crippen LogP contribution >= 0.6 is 11.3 Å². The molecule has 0 radical (unpaired) electrons. The Labute approximate surface area is 630 Å². The van der Waals surface area contributed by atoms with Gasteiger partial charge in [0.15, 0.2) is 28.1 Å². The molecule has 0 saturated heterocycles. The number of thiazole rings is 1. The summed E-state index contributed by atoms with van der Waals surface area (Å²) < 4.78 is 6.97. The van der Waals surface area contributed by atoms with Crippen molar-refractivity contribution in [2.24, 2.45) is 21.7 Å². The standard InChI is InChI=1S/C23H23NO3.C22H22N2O3.C21H20N2O3S.C20H20N4O3/c1-15-5-7-17(8-6-15)22(26)24-19-11-9-16(10-12-19)18-13-20(27-14-18)21(25)23(2,3)4;1-22(2,3)20(26)19-12-16(13-23-19)14-4-8-17(9-5-14)24-21(27)15-6-10-18(25)11-7-15;1-21(2,3)18(25)20-23-17(12-27-20)13-4-8-15(9-5-13)22-19(26)14-6-10-16(24)11-7-14;1-20(2,3)18(26)17-12-24(23-22-17)15-8-6-14(7-9-15)21-19(27)13-4-10-16(25)11-5-13/h5-14H,1-4H3,(H,24,26);4-13,23,25H,1-3H3,(H,24,27);4-12,24H,1-3H3,(H,22,26);4-12,25H,1-3H3,(H,21,27). The number of carbonyl (C=O) groups excluding carboxylic acids is 8. The number of rotatable bonds is 16. The van der Waals surface area contributed by atoms with Gasteiger partial charge in [0.2, 0.25) is 5.78 Å². The summed E-state index contributed by atoms with van der Waals surface area (Å²) >= 11 is 1.34. The molecule has 0 aliphatic rings. The van der Waals surface area contributed by atoms with Gasteiger partial charge in [0, 0.05) is 89.4 Å². The number of amides is 4. The van der Waals surface area contributed by atoms with Gasteiger partial charge in [0.1, 0.15) is 22.9 Å². The number of aromatic amines is 1.